The topological polar surface area (TPSA) is 21.1 Å². The molecule has 1 aromatic carbocycles. The van der Waals surface area contributed by atoms with Gasteiger partial charge in [-0.15, -0.1) is 0 Å². The zero-order valence-corrected chi connectivity index (χ0v) is 11.5. The Morgan fingerprint density at radius 3 is 2.63 bits per heavy atom. The van der Waals surface area contributed by atoms with Gasteiger partial charge >= 0.3 is 0 Å². The van der Waals surface area contributed by atoms with Gasteiger partial charge in [-0.3, -0.25) is 4.90 Å². The summed E-state index contributed by atoms with van der Waals surface area (Å²) in [6.45, 7) is 5.82. The summed E-state index contributed by atoms with van der Waals surface area (Å²) >= 11 is 0. The van der Waals surface area contributed by atoms with Crippen molar-refractivity contribution in [2.45, 2.75) is 26.3 Å². The molecule has 0 radical (unpaired) electrons. The van der Waals surface area contributed by atoms with Gasteiger partial charge in [-0.05, 0) is 44.0 Å². The average Bonchev–Trinajstić information content (AvgIpc) is 2.91. The van der Waals surface area contributed by atoms with Gasteiger partial charge in [-0.1, -0.05) is 25.1 Å². The van der Waals surface area contributed by atoms with Crippen LogP contribution in [0.2, 0.25) is 0 Å². The lowest BCUT2D eigenvalue weighted by atomic mass is 9.99. The maximum atomic E-state index is 4.46. The van der Waals surface area contributed by atoms with Crippen molar-refractivity contribution in [1.29, 1.82) is 0 Å². The minimum Gasteiger partial charge on any atom is -0.299 e. The summed E-state index contributed by atoms with van der Waals surface area (Å²) in [5.41, 5.74) is 2.43. The molecule has 1 aromatic heterocycles. The Morgan fingerprint density at radius 2 is 1.89 bits per heavy atom. The molecular weight excluding hydrogens is 234 g/mol. The molecule has 0 atom stereocenters. The van der Waals surface area contributed by atoms with Crippen LogP contribution in [0.3, 0.4) is 0 Å². The first-order chi connectivity index (χ1) is 9.31. The van der Waals surface area contributed by atoms with Crippen LogP contribution in [0.1, 0.15) is 25.3 Å². The second kappa shape index (κ2) is 5.57. The van der Waals surface area contributed by atoms with Gasteiger partial charge in [0, 0.05) is 18.3 Å². The van der Waals surface area contributed by atoms with Gasteiger partial charge in [-0.25, -0.2) is 4.68 Å². The van der Waals surface area contributed by atoms with Crippen LogP contribution in [0, 0.1) is 5.92 Å². The van der Waals surface area contributed by atoms with Crippen LogP contribution in [0.4, 0.5) is 0 Å². The maximum absolute atomic E-state index is 4.46. The Bertz CT molecular complexity index is 510. The molecular formula is C16H21N3. The average molecular weight is 255 g/mol. The number of benzene rings is 1. The van der Waals surface area contributed by atoms with E-state index in [0.717, 1.165) is 18.2 Å². The second-order valence-corrected chi connectivity index (χ2v) is 5.59. The summed E-state index contributed by atoms with van der Waals surface area (Å²) in [6, 6.07) is 10.3. The largest absolute Gasteiger partial charge is 0.299 e. The summed E-state index contributed by atoms with van der Waals surface area (Å²) in [5, 5.41) is 4.46. The van der Waals surface area contributed by atoms with Crippen LogP contribution in [0.15, 0.2) is 42.7 Å². The standard InChI is InChI=1S/C16H21N3/c1-14-7-9-18(10-8-14)12-15-11-17-19(13-15)16-5-3-2-4-6-16/h2-6,11,13-14H,7-10,12H2,1H3. The third-order valence-electron chi connectivity index (χ3n) is 3.94. The number of rotatable bonds is 3. The van der Waals surface area contributed by atoms with Crippen LogP contribution < -0.4 is 0 Å². The van der Waals surface area contributed by atoms with Crippen molar-refractivity contribution in [2.75, 3.05) is 13.1 Å². The van der Waals surface area contributed by atoms with Crippen LogP contribution in [-0.2, 0) is 6.54 Å². The third-order valence-corrected chi connectivity index (χ3v) is 3.94. The van der Waals surface area contributed by atoms with Gasteiger partial charge in [0.05, 0.1) is 11.9 Å². The van der Waals surface area contributed by atoms with E-state index in [2.05, 4.69) is 35.3 Å². The molecule has 3 heteroatoms. The van der Waals surface area contributed by atoms with E-state index in [-0.39, 0.29) is 0 Å². The zero-order chi connectivity index (χ0) is 13.1. The fourth-order valence-corrected chi connectivity index (χ4v) is 2.64. The molecule has 0 aliphatic carbocycles. The Kier molecular flexibility index (Phi) is 3.65. The minimum absolute atomic E-state index is 0.892. The van der Waals surface area contributed by atoms with Crippen LogP contribution in [0.25, 0.3) is 5.69 Å². The van der Waals surface area contributed by atoms with E-state index < -0.39 is 0 Å². The molecule has 1 aliphatic rings. The summed E-state index contributed by atoms with van der Waals surface area (Å²) < 4.78 is 1.96. The molecule has 1 saturated heterocycles. The molecule has 3 nitrogen and oxygen atoms in total. The third kappa shape index (κ3) is 3.04. The van der Waals surface area contributed by atoms with Crippen molar-refractivity contribution >= 4 is 0 Å². The second-order valence-electron chi connectivity index (χ2n) is 5.59. The first kappa shape index (κ1) is 12.4. The molecule has 0 bridgehead atoms. The van der Waals surface area contributed by atoms with Crippen molar-refractivity contribution in [1.82, 2.24) is 14.7 Å². The smallest absolute Gasteiger partial charge is 0.0645 e. The fraction of sp³-hybridized carbons (Fsp3) is 0.438. The van der Waals surface area contributed by atoms with E-state index >= 15 is 0 Å². The van der Waals surface area contributed by atoms with E-state index in [9.17, 15) is 0 Å². The molecule has 19 heavy (non-hydrogen) atoms. The molecule has 0 unspecified atom stereocenters. The predicted octanol–water partition coefficient (Wildman–Crippen LogP) is 3.10. The molecule has 0 spiro atoms. The molecule has 100 valence electrons. The van der Waals surface area contributed by atoms with Crippen molar-refractivity contribution in [3.63, 3.8) is 0 Å². The van der Waals surface area contributed by atoms with E-state index in [1.54, 1.807) is 0 Å². The number of hydrogen-bond donors (Lipinski definition) is 0. The summed E-state index contributed by atoms with van der Waals surface area (Å²) in [6.07, 6.45) is 6.79. The Morgan fingerprint density at radius 1 is 1.16 bits per heavy atom. The van der Waals surface area contributed by atoms with E-state index in [4.69, 9.17) is 0 Å². The number of likely N-dealkylation sites (tertiary alicyclic amines) is 1. The van der Waals surface area contributed by atoms with E-state index in [1.165, 1.54) is 31.5 Å². The SMILES string of the molecule is CC1CCN(Cc2cnn(-c3ccccc3)c2)CC1. The molecule has 0 amide bonds. The van der Waals surface area contributed by atoms with Crippen LogP contribution in [-0.4, -0.2) is 27.8 Å². The molecule has 0 saturated carbocycles. The number of para-hydroxylation sites is 1. The first-order valence-corrected chi connectivity index (χ1v) is 7.12. The lowest BCUT2D eigenvalue weighted by Crippen LogP contribution is -2.32. The van der Waals surface area contributed by atoms with Gasteiger partial charge in [0.2, 0.25) is 0 Å². The molecule has 0 N–H and O–H groups in total. The molecule has 1 aliphatic heterocycles. The Labute approximate surface area is 114 Å². The monoisotopic (exact) mass is 255 g/mol. The Balaban J connectivity index is 1.65. The normalized spacial score (nSPS) is 17.7. The molecule has 1 fully saturated rings. The molecule has 2 heterocycles. The summed E-state index contributed by atoms with van der Waals surface area (Å²) in [7, 11) is 0. The number of aromatic nitrogens is 2. The summed E-state index contributed by atoms with van der Waals surface area (Å²) in [5.74, 6) is 0.892. The number of piperidine rings is 1. The van der Waals surface area contributed by atoms with Crippen molar-refractivity contribution in [3.05, 3.63) is 48.3 Å². The summed E-state index contributed by atoms with van der Waals surface area (Å²) in [4.78, 5) is 2.53. The fourth-order valence-electron chi connectivity index (χ4n) is 2.64. The maximum Gasteiger partial charge on any atom is 0.0645 e. The first-order valence-electron chi connectivity index (χ1n) is 7.12. The highest BCUT2D eigenvalue weighted by molar-refractivity contribution is 5.30. The van der Waals surface area contributed by atoms with Gasteiger partial charge in [0.25, 0.3) is 0 Å². The minimum atomic E-state index is 0.892. The van der Waals surface area contributed by atoms with E-state index in [0.29, 0.717) is 0 Å². The van der Waals surface area contributed by atoms with Crippen LogP contribution in [0.5, 0.6) is 0 Å². The van der Waals surface area contributed by atoms with Gasteiger partial charge in [0.1, 0.15) is 0 Å². The Hall–Kier alpha value is -1.61. The zero-order valence-electron chi connectivity index (χ0n) is 11.5. The van der Waals surface area contributed by atoms with Gasteiger partial charge in [0.15, 0.2) is 0 Å². The van der Waals surface area contributed by atoms with Crippen molar-refractivity contribution in [2.24, 2.45) is 5.92 Å². The highest BCUT2D eigenvalue weighted by Crippen LogP contribution is 2.18. The van der Waals surface area contributed by atoms with Gasteiger partial charge in [-0.2, -0.15) is 5.10 Å². The highest BCUT2D eigenvalue weighted by atomic mass is 15.3. The quantitative estimate of drug-likeness (QED) is 0.840. The van der Waals surface area contributed by atoms with E-state index in [1.807, 2.05) is 29.1 Å². The number of hydrogen-bond acceptors (Lipinski definition) is 2. The number of nitrogens with zero attached hydrogens (tertiary/aromatic N) is 3. The molecule has 3 rings (SSSR count). The van der Waals surface area contributed by atoms with Crippen molar-refractivity contribution < 1.29 is 0 Å². The lowest BCUT2D eigenvalue weighted by molar-refractivity contribution is 0.185. The lowest BCUT2D eigenvalue weighted by Gasteiger charge is -2.29. The molecule has 2 aromatic rings. The predicted molar refractivity (Wildman–Crippen MR) is 77.2 cm³/mol. The van der Waals surface area contributed by atoms with Gasteiger partial charge < -0.3 is 0 Å². The highest BCUT2D eigenvalue weighted by Gasteiger charge is 2.16. The van der Waals surface area contributed by atoms with Crippen molar-refractivity contribution in [3.8, 4) is 5.69 Å². The van der Waals surface area contributed by atoms with Crippen LogP contribution >= 0.6 is 0 Å².